The normalized spacial score (nSPS) is 24.6. The number of nitrogens with one attached hydrogen (secondary N) is 3. The van der Waals surface area contributed by atoms with Crippen molar-refractivity contribution in [2.45, 2.75) is 93.5 Å². The highest BCUT2D eigenvalue weighted by Gasteiger charge is 2.55. The number of nitro benzene ring substituents is 1. The van der Waals surface area contributed by atoms with E-state index >= 15 is 0 Å². The molecule has 6 aliphatic heterocycles. The van der Waals surface area contributed by atoms with Crippen LogP contribution in [0.4, 0.5) is 28.4 Å². The van der Waals surface area contributed by atoms with Gasteiger partial charge >= 0.3 is 0 Å². The van der Waals surface area contributed by atoms with Gasteiger partial charge in [-0.3, -0.25) is 19.8 Å². The molecule has 18 heteroatoms. The summed E-state index contributed by atoms with van der Waals surface area (Å²) < 4.78 is 54.7. The van der Waals surface area contributed by atoms with Gasteiger partial charge in [0.05, 0.1) is 46.4 Å². The Morgan fingerprint density at radius 1 is 0.971 bits per heavy atom. The average molecular weight is 945 g/mol. The van der Waals surface area contributed by atoms with Crippen molar-refractivity contribution in [2.24, 2.45) is 11.3 Å². The van der Waals surface area contributed by atoms with Crippen molar-refractivity contribution in [1.29, 1.82) is 0 Å². The van der Waals surface area contributed by atoms with Crippen molar-refractivity contribution < 1.29 is 37.1 Å². The van der Waals surface area contributed by atoms with Gasteiger partial charge in [-0.2, -0.15) is 4.98 Å². The van der Waals surface area contributed by atoms with E-state index in [1.54, 1.807) is 12.3 Å². The molecule has 4 saturated heterocycles. The highest BCUT2D eigenvalue weighted by Crippen LogP contribution is 2.55. The fraction of sp³-hybridized carbons (Fsp3) is 0.480. The van der Waals surface area contributed by atoms with E-state index in [4.69, 9.17) is 23.9 Å². The molecule has 1 aliphatic carbocycles. The van der Waals surface area contributed by atoms with Crippen LogP contribution >= 0.6 is 0 Å². The molecule has 3 aromatic carbocycles. The SMILES string of the molecule is CC(C)c1ccccc1[C@@H]1CCCN1C1CC2(C1)CN(c1ccc(C(=O)NS(=O)(=O)c3cc4c(c([N+](=O)[O-])c3)N[C@@H](C3CCOCC3)CO4)c(N3c4cc5cc[nH]c5nc4O[C@H]4COC[C@@H]43)c1)C2. The van der Waals surface area contributed by atoms with Crippen molar-refractivity contribution in [3.05, 3.63) is 99.7 Å². The number of nitrogens with zero attached hydrogens (tertiary/aromatic N) is 5. The first-order valence-corrected chi connectivity index (χ1v) is 25.5. The van der Waals surface area contributed by atoms with Gasteiger partial charge in [0, 0.05) is 73.2 Å². The first-order chi connectivity index (χ1) is 32.9. The Morgan fingerprint density at radius 3 is 2.60 bits per heavy atom. The maximum Gasteiger partial charge on any atom is 0.297 e. The van der Waals surface area contributed by atoms with E-state index in [2.05, 4.69) is 62.9 Å². The van der Waals surface area contributed by atoms with Gasteiger partial charge in [0.2, 0.25) is 5.88 Å². The number of amides is 1. The number of fused-ring (bicyclic) bond motifs is 4. The summed E-state index contributed by atoms with van der Waals surface area (Å²) in [6, 6.07) is 21.0. The summed E-state index contributed by atoms with van der Waals surface area (Å²) in [4.78, 5) is 41.1. The Balaban J connectivity index is 0.842. The number of carbonyl (C=O) groups is 1. The minimum atomic E-state index is -4.68. The van der Waals surface area contributed by atoms with E-state index in [9.17, 15) is 23.3 Å². The van der Waals surface area contributed by atoms with E-state index in [0.717, 1.165) is 62.5 Å². The number of H-pyrrole nitrogens is 1. The molecule has 5 aromatic rings. The zero-order valence-electron chi connectivity index (χ0n) is 38.2. The van der Waals surface area contributed by atoms with Crippen LogP contribution in [0.5, 0.6) is 11.6 Å². The van der Waals surface area contributed by atoms with Gasteiger partial charge in [-0.25, -0.2) is 13.1 Å². The zero-order valence-corrected chi connectivity index (χ0v) is 39.0. The number of aromatic amines is 1. The molecule has 356 valence electrons. The third-order valence-electron chi connectivity index (χ3n) is 15.7. The lowest BCUT2D eigenvalue weighted by atomic mass is 9.60. The second-order valence-electron chi connectivity index (χ2n) is 20.2. The van der Waals surface area contributed by atoms with Crippen LogP contribution in [0.2, 0.25) is 0 Å². The molecule has 5 fully saturated rings. The Bertz CT molecular complexity index is 2920. The van der Waals surface area contributed by atoms with Gasteiger partial charge in [0.15, 0.2) is 11.4 Å². The lowest BCUT2D eigenvalue weighted by molar-refractivity contribution is -0.384. The third kappa shape index (κ3) is 7.41. The number of sulfonamides is 1. The summed E-state index contributed by atoms with van der Waals surface area (Å²) in [5.41, 5.74) is 5.50. The molecule has 17 nitrogen and oxygen atoms in total. The van der Waals surface area contributed by atoms with Gasteiger partial charge in [-0.15, -0.1) is 0 Å². The Kier molecular flexibility index (Phi) is 10.6. The average Bonchev–Trinajstić information content (AvgIpc) is 4.11. The topological polar surface area (TPSA) is 194 Å². The number of carbonyl (C=O) groups excluding carboxylic acids is 1. The number of ether oxygens (including phenoxy) is 4. The standard InChI is InChI=1S/C50H56N8O9S/c1-29(2)35-6-3-4-7-36(35)39-8-5-15-56(39)33-22-50(23-33)27-55(28-50)32-9-10-37(40(19-32)57-42-18-31-11-14-51-47(31)53-49(42)67-45-26-65-25-43(45)57)48(59)54-68(62,63)34-20-41(58(60)61)46-44(21-34)66-24-38(52-46)30-12-16-64-17-13-30/h3-4,6-7,9-11,14,18-21,29-30,33,38-39,43,45,52H,5,8,12-13,15-17,22-28H2,1-2H3,(H,51,53)(H,54,59)/t38-,39+,43+,45+/m1/s1. The number of hydrogen-bond acceptors (Lipinski definition) is 14. The van der Waals surface area contributed by atoms with Gasteiger partial charge in [-0.05, 0) is 98.4 Å². The van der Waals surface area contributed by atoms with Crippen LogP contribution in [0.1, 0.15) is 85.8 Å². The van der Waals surface area contributed by atoms with Crippen LogP contribution in [0.25, 0.3) is 11.0 Å². The largest absolute Gasteiger partial charge is 0.489 e. The van der Waals surface area contributed by atoms with Crippen molar-refractivity contribution >= 4 is 55.4 Å². The molecule has 0 radical (unpaired) electrons. The molecule has 1 amide bonds. The molecule has 0 bridgehead atoms. The molecular weight excluding hydrogens is 889 g/mol. The van der Waals surface area contributed by atoms with Gasteiger partial charge in [-0.1, -0.05) is 38.1 Å². The summed E-state index contributed by atoms with van der Waals surface area (Å²) in [5, 5.41) is 16.6. The van der Waals surface area contributed by atoms with E-state index < -0.39 is 37.5 Å². The maximum atomic E-state index is 14.7. The lowest BCUT2D eigenvalue weighted by Gasteiger charge is -2.62. The number of aromatic nitrogens is 2. The quantitative estimate of drug-likeness (QED) is 0.0925. The highest BCUT2D eigenvalue weighted by atomic mass is 32.2. The van der Waals surface area contributed by atoms with Gasteiger partial charge in [0.1, 0.15) is 24.0 Å². The minimum absolute atomic E-state index is 0.0305. The molecular formula is C50H56N8O9S. The molecule has 0 unspecified atom stereocenters. The monoisotopic (exact) mass is 944 g/mol. The second kappa shape index (κ2) is 16.6. The van der Waals surface area contributed by atoms with E-state index in [1.165, 1.54) is 30.0 Å². The third-order valence-corrected chi connectivity index (χ3v) is 17.0. The Hall–Kier alpha value is -5.95. The Labute approximate surface area is 394 Å². The predicted molar refractivity (Wildman–Crippen MR) is 255 cm³/mol. The second-order valence-corrected chi connectivity index (χ2v) is 21.9. The number of rotatable bonds is 10. The van der Waals surface area contributed by atoms with Crippen molar-refractivity contribution in [3.63, 3.8) is 0 Å². The van der Waals surface area contributed by atoms with Crippen molar-refractivity contribution in [2.75, 3.05) is 67.8 Å². The maximum absolute atomic E-state index is 14.7. The molecule has 8 heterocycles. The summed E-state index contributed by atoms with van der Waals surface area (Å²) in [5.74, 6) is 0.145. The number of hydrogen-bond donors (Lipinski definition) is 3. The van der Waals surface area contributed by atoms with E-state index in [-0.39, 0.29) is 47.0 Å². The van der Waals surface area contributed by atoms with Crippen molar-refractivity contribution in [3.8, 4) is 11.6 Å². The molecule has 3 N–H and O–H groups in total. The summed E-state index contributed by atoms with van der Waals surface area (Å²) >= 11 is 0. The van der Waals surface area contributed by atoms with Crippen LogP contribution in [0, 0.1) is 21.4 Å². The number of anilines is 4. The van der Waals surface area contributed by atoms with Crippen LogP contribution < -0.4 is 29.3 Å². The molecule has 7 aliphatic rings. The number of pyridine rings is 1. The molecule has 4 atom stereocenters. The minimum Gasteiger partial charge on any atom is -0.489 e. The van der Waals surface area contributed by atoms with E-state index in [1.807, 2.05) is 29.2 Å². The van der Waals surface area contributed by atoms with Crippen LogP contribution in [0.3, 0.4) is 0 Å². The summed E-state index contributed by atoms with van der Waals surface area (Å²) in [7, 11) is -4.68. The van der Waals surface area contributed by atoms with Gasteiger partial charge < -0.3 is 39.0 Å². The number of nitro groups is 1. The summed E-state index contributed by atoms with van der Waals surface area (Å²) in [6.07, 6.45) is 7.58. The molecule has 12 rings (SSSR count). The lowest BCUT2D eigenvalue weighted by Crippen LogP contribution is -2.66. The fourth-order valence-electron chi connectivity index (χ4n) is 12.3. The van der Waals surface area contributed by atoms with E-state index in [0.29, 0.717) is 67.3 Å². The molecule has 1 saturated carbocycles. The van der Waals surface area contributed by atoms with Crippen LogP contribution in [-0.2, 0) is 19.5 Å². The van der Waals surface area contributed by atoms with Crippen LogP contribution in [0.15, 0.2) is 77.8 Å². The summed E-state index contributed by atoms with van der Waals surface area (Å²) in [6.45, 7) is 9.40. The molecule has 2 aromatic heterocycles. The highest BCUT2D eigenvalue weighted by molar-refractivity contribution is 7.90. The Morgan fingerprint density at radius 2 is 1.79 bits per heavy atom. The first-order valence-electron chi connectivity index (χ1n) is 24.0. The molecule has 1 spiro atoms. The number of benzene rings is 3. The van der Waals surface area contributed by atoms with Gasteiger partial charge in [0.25, 0.3) is 21.6 Å². The first kappa shape index (κ1) is 43.3. The zero-order chi connectivity index (χ0) is 46.5. The number of likely N-dealkylation sites (tertiary alicyclic amines) is 1. The van der Waals surface area contributed by atoms with Crippen LogP contribution in [-0.4, -0.2) is 111 Å². The predicted octanol–water partition coefficient (Wildman–Crippen LogP) is 7.42. The fourth-order valence-corrected chi connectivity index (χ4v) is 13.3. The smallest absolute Gasteiger partial charge is 0.297 e. The molecule has 68 heavy (non-hydrogen) atoms. The van der Waals surface area contributed by atoms with Crippen molar-refractivity contribution in [1.82, 2.24) is 19.6 Å².